The van der Waals surface area contributed by atoms with Crippen LogP contribution in [0.2, 0.25) is 0 Å². The van der Waals surface area contributed by atoms with E-state index in [0.29, 0.717) is 24.1 Å². The SMILES string of the molecule is CNC(CN1CCOC2CCCC21)C1CCOC1. The molecule has 18 heavy (non-hydrogen) atoms. The Kier molecular flexibility index (Phi) is 4.19. The summed E-state index contributed by atoms with van der Waals surface area (Å²) < 4.78 is 11.4. The number of nitrogens with one attached hydrogen (secondary N) is 1. The quantitative estimate of drug-likeness (QED) is 0.807. The fraction of sp³-hybridized carbons (Fsp3) is 1.00. The van der Waals surface area contributed by atoms with E-state index < -0.39 is 0 Å². The van der Waals surface area contributed by atoms with Crippen LogP contribution in [0.1, 0.15) is 25.7 Å². The van der Waals surface area contributed by atoms with Crippen molar-refractivity contribution in [3.8, 4) is 0 Å². The first-order valence-electron chi connectivity index (χ1n) is 7.49. The molecule has 1 N–H and O–H groups in total. The monoisotopic (exact) mass is 254 g/mol. The molecule has 0 amide bonds. The first-order valence-corrected chi connectivity index (χ1v) is 7.49. The highest BCUT2D eigenvalue weighted by molar-refractivity contribution is 4.92. The third-order valence-corrected chi connectivity index (χ3v) is 4.93. The second kappa shape index (κ2) is 5.87. The molecular formula is C14H26N2O2. The van der Waals surface area contributed by atoms with Crippen LogP contribution in [-0.4, -0.2) is 63.0 Å². The molecule has 1 saturated carbocycles. The minimum atomic E-state index is 0.510. The van der Waals surface area contributed by atoms with Crippen molar-refractivity contribution >= 4 is 0 Å². The van der Waals surface area contributed by atoms with Gasteiger partial charge in [-0.15, -0.1) is 0 Å². The van der Waals surface area contributed by atoms with Crippen LogP contribution in [0, 0.1) is 5.92 Å². The Balaban J connectivity index is 1.59. The van der Waals surface area contributed by atoms with Crippen LogP contribution in [0.5, 0.6) is 0 Å². The average Bonchev–Trinajstić information content (AvgIpc) is 3.06. The van der Waals surface area contributed by atoms with E-state index in [1.165, 1.54) is 25.7 Å². The van der Waals surface area contributed by atoms with Crippen molar-refractivity contribution in [1.82, 2.24) is 10.2 Å². The zero-order valence-corrected chi connectivity index (χ0v) is 11.4. The van der Waals surface area contributed by atoms with E-state index in [1.807, 2.05) is 0 Å². The standard InChI is InChI=1S/C14H26N2O2/c1-15-12(11-5-7-17-10-11)9-16-6-8-18-14-4-2-3-13(14)16/h11-15H,2-10H2,1H3. The smallest absolute Gasteiger partial charge is 0.0730 e. The van der Waals surface area contributed by atoms with Gasteiger partial charge in [0.05, 0.1) is 19.3 Å². The maximum Gasteiger partial charge on any atom is 0.0730 e. The summed E-state index contributed by atoms with van der Waals surface area (Å²) in [5.41, 5.74) is 0. The second-order valence-corrected chi connectivity index (χ2v) is 5.92. The minimum Gasteiger partial charge on any atom is -0.381 e. The van der Waals surface area contributed by atoms with Crippen molar-refractivity contribution in [1.29, 1.82) is 0 Å². The predicted molar refractivity (Wildman–Crippen MR) is 70.7 cm³/mol. The maximum atomic E-state index is 5.89. The number of hydrogen-bond acceptors (Lipinski definition) is 4. The van der Waals surface area contributed by atoms with E-state index in [1.54, 1.807) is 0 Å². The predicted octanol–water partition coefficient (Wildman–Crippen LogP) is 0.864. The lowest BCUT2D eigenvalue weighted by molar-refractivity contribution is -0.0598. The summed E-state index contributed by atoms with van der Waals surface area (Å²) >= 11 is 0. The van der Waals surface area contributed by atoms with Gasteiger partial charge in [-0.25, -0.2) is 0 Å². The molecule has 3 fully saturated rings. The van der Waals surface area contributed by atoms with Crippen LogP contribution in [0.25, 0.3) is 0 Å². The van der Waals surface area contributed by atoms with Gasteiger partial charge in [0, 0.05) is 37.7 Å². The van der Waals surface area contributed by atoms with Crippen molar-refractivity contribution in [2.24, 2.45) is 5.92 Å². The van der Waals surface area contributed by atoms with Crippen molar-refractivity contribution in [3.63, 3.8) is 0 Å². The van der Waals surface area contributed by atoms with Crippen LogP contribution in [0.4, 0.5) is 0 Å². The van der Waals surface area contributed by atoms with Crippen molar-refractivity contribution < 1.29 is 9.47 Å². The summed E-state index contributed by atoms with van der Waals surface area (Å²) in [6.07, 6.45) is 5.64. The van der Waals surface area contributed by atoms with E-state index in [0.717, 1.165) is 32.9 Å². The molecule has 2 aliphatic heterocycles. The number of ether oxygens (including phenoxy) is 2. The van der Waals surface area contributed by atoms with Gasteiger partial charge in [0.2, 0.25) is 0 Å². The first kappa shape index (κ1) is 12.9. The maximum absolute atomic E-state index is 5.89. The van der Waals surface area contributed by atoms with Gasteiger partial charge >= 0.3 is 0 Å². The van der Waals surface area contributed by atoms with Crippen LogP contribution < -0.4 is 5.32 Å². The van der Waals surface area contributed by atoms with Crippen LogP contribution in [0.3, 0.4) is 0 Å². The number of rotatable bonds is 4. The summed E-state index contributed by atoms with van der Waals surface area (Å²) in [5, 5.41) is 3.51. The summed E-state index contributed by atoms with van der Waals surface area (Å²) in [5.74, 6) is 0.692. The Bertz CT molecular complexity index is 269. The molecular weight excluding hydrogens is 228 g/mol. The van der Waals surface area contributed by atoms with Gasteiger partial charge in [-0.05, 0) is 32.7 Å². The molecule has 3 rings (SSSR count). The van der Waals surface area contributed by atoms with Gasteiger partial charge in [-0.1, -0.05) is 0 Å². The fourth-order valence-electron chi connectivity index (χ4n) is 3.83. The molecule has 0 aromatic carbocycles. The number of morpholine rings is 1. The van der Waals surface area contributed by atoms with E-state index >= 15 is 0 Å². The number of likely N-dealkylation sites (N-methyl/N-ethyl adjacent to an activating group) is 1. The Morgan fingerprint density at radius 2 is 2.22 bits per heavy atom. The number of nitrogens with zero attached hydrogens (tertiary/aromatic N) is 1. The molecule has 2 saturated heterocycles. The molecule has 104 valence electrons. The zero-order chi connectivity index (χ0) is 12.4. The zero-order valence-electron chi connectivity index (χ0n) is 11.4. The van der Waals surface area contributed by atoms with E-state index in [-0.39, 0.29) is 0 Å². The van der Waals surface area contributed by atoms with Gasteiger partial charge in [0.1, 0.15) is 0 Å². The Morgan fingerprint density at radius 1 is 1.28 bits per heavy atom. The largest absolute Gasteiger partial charge is 0.381 e. The average molecular weight is 254 g/mol. The fourth-order valence-corrected chi connectivity index (χ4v) is 3.83. The topological polar surface area (TPSA) is 33.7 Å². The third kappa shape index (κ3) is 2.57. The van der Waals surface area contributed by atoms with Crippen LogP contribution >= 0.6 is 0 Å². The molecule has 1 aliphatic carbocycles. The molecule has 4 unspecified atom stereocenters. The molecule has 0 spiro atoms. The molecule has 0 bridgehead atoms. The molecule has 2 heterocycles. The van der Waals surface area contributed by atoms with E-state index in [9.17, 15) is 0 Å². The van der Waals surface area contributed by atoms with Crippen molar-refractivity contribution in [2.75, 3.05) is 40.0 Å². The highest BCUT2D eigenvalue weighted by Gasteiger charge is 2.37. The first-order chi connectivity index (χ1) is 8.88. The molecule has 3 aliphatic rings. The van der Waals surface area contributed by atoms with Gasteiger partial charge in [-0.2, -0.15) is 0 Å². The molecule has 4 nitrogen and oxygen atoms in total. The summed E-state index contributed by atoms with van der Waals surface area (Å²) in [6.45, 7) is 5.06. The van der Waals surface area contributed by atoms with E-state index in [2.05, 4.69) is 17.3 Å². The lowest BCUT2D eigenvalue weighted by Gasteiger charge is -2.40. The highest BCUT2D eigenvalue weighted by Crippen LogP contribution is 2.30. The minimum absolute atomic E-state index is 0.510. The van der Waals surface area contributed by atoms with Crippen molar-refractivity contribution in [3.05, 3.63) is 0 Å². The Labute approximate surface area is 110 Å². The van der Waals surface area contributed by atoms with Gasteiger partial charge < -0.3 is 14.8 Å². The summed E-state index contributed by atoms with van der Waals surface area (Å²) in [7, 11) is 2.09. The number of fused-ring (bicyclic) bond motifs is 1. The molecule has 0 radical (unpaired) electrons. The lowest BCUT2D eigenvalue weighted by Crippen LogP contribution is -2.54. The van der Waals surface area contributed by atoms with Gasteiger partial charge in [0.15, 0.2) is 0 Å². The molecule has 4 heteroatoms. The molecule has 0 aromatic rings. The summed E-state index contributed by atoms with van der Waals surface area (Å²) in [4.78, 5) is 2.67. The van der Waals surface area contributed by atoms with Crippen LogP contribution in [-0.2, 0) is 9.47 Å². The lowest BCUT2D eigenvalue weighted by atomic mass is 9.97. The normalized spacial score (nSPS) is 38.8. The Hall–Kier alpha value is -0.160. The van der Waals surface area contributed by atoms with Crippen molar-refractivity contribution in [2.45, 2.75) is 43.9 Å². The summed E-state index contributed by atoms with van der Waals surface area (Å²) in [6, 6.07) is 1.25. The van der Waals surface area contributed by atoms with Gasteiger partial charge in [0.25, 0.3) is 0 Å². The van der Waals surface area contributed by atoms with E-state index in [4.69, 9.17) is 9.47 Å². The van der Waals surface area contributed by atoms with Crippen LogP contribution in [0.15, 0.2) is 0 Å². The highest BCUT2D eigenvalue weighted by atomic mass is 16.5. The Morgan fingerprint density at radius 3 is 3.00 bits per heavy atom. The number of hydrogen-bond donors (Lipinski definition) is 1. The van der Waals surface area contributed by atoms with Gasteiger partial charge in [-0.3, -0.25) is 4.90 Å². The molecule has 4 atom stereocenters. The second-order valence-electron chi connectivity index (χ2n) is 5.92. The molecule has 0 aromatic heterocycles. The third-order valence-electron chi connectivity index (χ3n) is 4.93.